The largest absolute Gasteiger partial charge is 0.426 e. The number of amides is 1. The van der Waals surface area contributed by atoms with E-state index in [1.54, 1.807) is 0 Å². The van der Waals surface area contributed by atoms with Crippen LogP contribution in [0.5, 0.6) is 0 Å². The lowest BCUT2D eigenvalue weighted by Crippen LogP contribution is -2.52. The minimum absolute atomic E-state index is 0.0946. The fourth-order valence-corrected chi connectivity index (χ4v) is 3.25. The average Bonchev–Trinajstić information content (AvgIpc) is 2.55. The van der Waals surface area contributed by atoms with Gasteiger partial charge in [-0.2, -0.15) is 26.3 Å². The van der Waals surface area contributed by atoms with Crippen molar-refractivity contribution in [2.24, 2.45) is 0 Å². The van der Waals surface area contributed by atoms with Crippen LogP contribution in [0.3, 0.4) is 0 Å². The third-order valence-electron chi connectivity index (χ3n) is 3.60. The Labute approximate surface area is 164 Å². The number of hydrogen-bond acceptors (Lipinski definition) is 3. The molecule has 2 aromatic rings. The number of benzene rings is 2. The maximum atomic E-state index is 13.0. The van der Waals surface area contributed by atoms with E-state index in [0.29, 0.717) is 0 Å². The van der Waals surface area contributed by atoms with Crippen molar-refractivity contribution in [3.05, 3.63) is 53.1 Å². The standard InChI is InChI=1S/C17H12ClF6NO2S/c1-15(27,17(22,23)24)14(26)25-12-7-6-9(8-11(12)18)28-13-5-3-2-4-10(13)16(19,20)21/h2-8,27H,1H3,(H,25,26)/t15-/m1/s1. The summed E-state index contributed by atoms with van der Waals surface area (Å²) >= 11 is 6.67. The first-order valence-electron chi connectivity index (χ1n) is 7.47. The Balaban J connectivity index is 2.24. The van der Waals surface area contributed by atoms with Crippen molar-refractivity contribution >= 4 is 35.0 Å². The molecule has 0 aliphatic carbocycles. The van der Waals surface area contributed by atoms with Crippen LogP contribution in [0.25, 0.3) is 0 Å². The van der Waals surface area contributed by atoms with E-state index in [1.807, 2.05) is 5.32 Å². The summed E-state index contributed by atoms with van der Waals surface area (Å²) in [6.45, 7) is 0.286. The molecule has 11 heteroatoms. The number of rotatable bonds is 4. The molecule has 0 saturated carbocycles. The molecule has 152 valence electrons. The van der Waals surface area contributed by atoms with Gasteiger partial charge in [-0.15, -0.1) is 0 Å². The van der Waals surface area contributed by atoms with Crippen LogP contribution in [0.2, 0.25) is 5.02 Å². The molecule has 1 atom stereocenters. The third-order valence-corrected chi connectivity index (χ3v) is 4.98. The summed E-state index contributed by atoms with van der Waals surface area (Å²) < 4.78 is 77.2. The molecular weight excluding hydrogens is 432 g/mol. The fraction of sp³-hybridized carbons (Fsp3) is 0.235. The lowest BCUT2D eigenvalue weighted by atomic mass is 10.1. The molecule has 3 nitrogen and oxygen atoms in total. The summed E-state index contributed by atoms with van der Waals surface area (Å²) in [4.78, 5) is 11.9. The first-order chi connectivity index (χ1) is 12.7. The summed E-state index contributed by atoms with van der Waals surface area (Å²) in [6.07, 6.45) is -9.77. The second kappa shape index (κ2) is 7.84. The first-order valence-corrected chi connectivity index (χ1v) is 8.67. The van der Waals surface area contributed by atoms with E-state index < -0.39 is 29.4 Å². The van der Waals surface area contributed by atoms with E-state index in [4.69, 9.17) is 11.6 Å². The third kappa shape index (κ3) is 4.92. The second-order valence-electron chi connectivity index (χ2n) is 5.76. The molecule has 0 saturated heterocycles. The van der Waals surface area contributed by atoms with Crippen LogP contribution >= 0.6 is 23.4 Å². The zero-order chi connectivity index (χ0) is 21.3. The van der Waals surface area contributed by atoms with Crippen molar-refractivity contribution in [2.75, 3.05) is 5.32 Å². The number of alkyl halides is 6. The summed E-state index contributed by atoms with van der Waals surface area (Å²) in [6, 6.07) is 8.44. The van der Waals surface area contributed by atoms with Crippen molar-refractivity contribution in [3.8, 4) is 0 Å². The highest BCUT2D eigenvalue weighted by Crippen LogP contribution is 2.41. The van der Waals surface area contributed by atoms with Crippen LogP contribution in [0.1, 0.15) is 12.5 Å². The van der Waals surface area contributed by atoms with Gasteiger partial charge in [0.2, 0.25) is 5.60 Å². The molecule has 0 bridgehead atoms. The molecule has 0 aromatic heterocycles. The Bertz CT molecular complexity index is 883. The maximum absolute atomic E-state index is 13.0. The van der Waals surface area contributed by atoms with Gasteiger partial charge < -0.3 is 10.4 Å². The number of hydrogen-bond donors (Lipinski definition) is 2. The minimum Gasteiger partial charge on any atom is -0.373 e. The van der Waals surface area contributed by atoms with E-state index in [9.17, 15) is 36.2 Å². The highest BCUT2D eigenvalue weighted by molar-refractivity contribution is 7.99. The number of carbonyl (C=O) groups is 1. The van der Waals surface area contributed by atoms with Crippen LogP contribution in [0.15, 0.2) is 52.3 Å². The topological polar surface area (TPSA) is 49.3 Å². The molecule has 2 N–H and O–H groups in total. The van der Waals surface area contributed by atoms with E-state index in [2.05, 4.69) is 0 Å². The van der Waals surface area contributed by atoms with Crippen LogP contribution in [0, 0.1) is 0 Å². The maximum Gasteiger partial charge on any atom is 0.426 e. The normalized spacial score (nSPS) is 14.5. The predicted octanol–water partition coefficient (Wildman–Crippen LogP) is 5.76. The van der Waals surface area contributed by atoms with E-state index in [0.717, 1.165) is 23.9 Å². The quantitative estimate of drug-likeness (QED) is 0.590. The van der Waals surface area contributed by atoms with Crippen molar-refractivity contribution in [3.63, 3.8) is 0 Å². The number of halogens is 7. The van der Waals surface area contributed by atoms with Gasteiger partial charge in [-0.3, -0.25) is 4.79 Å². The molecule has 0 aliphatic rings. The zero-order valence-electron chi connectivity index (χ0n) is 14.0. The molecule has 0 heterocycles. The van der Waals surface area contributed by atoms with Crippen LogP contribution in [0.4, 0.5) is 32.0 Å². The summed E-state index contributed by atoms with van der Waals surface area (Å²) in [7, 11) is 0. The lowest BCUT2D eigenvalue weighted by Gasteiger charge is -2.25. The average molecular weight is 444 g/mol. The monoisotopic (exact) mass is 443 g/mol. The molecule has 0 radical (unpaired) electrons. The minimum atomic E-state index is -5.21. The Kier molecular flexibility index (Phi) is 6.27. The number of aliphatic hydroxyl groups is 1. The lowest BCUT2D eigenvalue weighted by molar-refractivity contribution is -0.242. The summed E-state index contributed by atoms with van der Waals surface area (Å²) in [5.74, 6) is -1.75. The van der Waals surface area contributed by atoms with Crippen LogP contribution in [-0.4, -0.2) is 22.8 Å². The predicted molar refractivity (Wildman–Crippen MR) is 92.3 cm³/mol. The van der Waals surface area contributed by atoms with Gasteiger partial charge in [-0.25, -0.2) is 0 Å². The highest BCUT2D eigenvalue weighted by Gasteiger charge is 2.55. The molecule has 1 amide bonds. The molecule has 2 aromatic carbocycles. The van der Waals surface area contributed by atoms with Gasteiger partial charge in [0.05, 0.1) is 16.3 Å². The number of carbonyl (C=O) groups excluding carboxylic acids is 1. The number of nitrogens with one attached hydrogen (secondary N) is 1. The van der Waals surface area contributed by atoms with Crippen LogP contribution < -0.4 is 5.32 Å². The van der Waals surface area contributed by atoms with E-state index >= 15 is 0 Å². The molecule has 0 fully saturated rings. The van der Waals surface area contributed by atoms with Gasteiger partial charge in [0.15, 0.2) is 0 Å². The highest BCUT2D eigenvalue weighted by atomic mass is 35.5. The summed E-state index contributed by atoms with van der Waals surface area (Å²) in [5, 5.41) is 11.0. The summed E-state index contributed by atoms with van der Waals surface area (Å²) in [5.41, 5.74) is -4.73. The smallest absolute Gasteiger partial charge is 0.373 e. The molecule has 0 unspecified atom stereocenters. The van der Waals surface area contributed by atoms with Gasteiger partial charge in [-0.1, -0.05) is 35.5 Å². The first kappa shape index (κ1) is 22.4. The van der Waals surface area contributed by atoms with Gasteiger partial charge in [0.25, 0.3) is 5.91 Å². The second-order valence-corrected chi connectivity index (χ2v) is 7.28. The zero-order valence-corrected chi connectivity index (χ0v) is 15.5. The van der Waals surface area contributed by atoms with Crippen molar-refractivity contribution in [2.45, 2.75) is 34.7 Å². The molecule has 2 rings (SSSR count). The van der Waals surface area contributed by atoms with Gasteiger partial charge in [0.1, 0.15) is 0 Å². The molecule has 0 aliphatic heterocycles. The Morgan fingerprint density at radius 3 is 2.21 bits per heavy atom. The van der Waals surface area contributed by atoms with E-state index in [1.165, 1.54) is 30.3 Å². The van der Waals surface area contributed by atoms with E-state index in [-0.39, 0.29) is 27.4 Å². The van der Waals surface area contributed by atoms with Gasteiger partial charge in [-0.05, 0) is 37.3 Å². The van der Waals surface area contributed by atoms with Crippen molar-refractivity contribution in [1.29, 1.82) is 0 Å². The Hall–Kier alpha value is -1.91. The number of anilines is 1. The van der Waals surface area contributed by atoms with Gasteiger partial charge in [0, 0.05) is 9.79 Å². The van der Waals surface area contributed by atoms with Gasteiger partial charge >= 0.3 is 12.4 Å². The fourth-order valence-electron chi connectivity index (χ4n) is 1.95. The SMILES string of the molecule is C[C@@](O)(C(=O)Nc1ccc(Sc2ccccc2C(F)(F)F)cc1Cl)C(F)(F)F. The Morgan fingerprint density at radius 1 is 1.07 bits per heavy atom. The Morgan fingerprint density at radius 2 is 1.68 bits per heavy atom. The van der Waals surface area contributed by atoms with Crippen molar-refractivity contribution in [1.82, 2.24) is 0 Å². The molecule has 28 heavy (non-hydrogen) atoms. The molecular formula is C17H12ClF6NO2S. The van der Waals surface area contributed by atoms with Crippen LogP contribution in [-0.2, 0) is 11.0 Å². The van der Waals surface area contributed by atoms with Crippen molar-refractivity contribution < 1.29 is 36.2 Å². The molecule has 0 spiro atoms.